The molecule has 1 aliphatic heterocycles. The lowest BCUT2D eigenvalue weighted by Crippen LogP contribution is -2.88. The predicted octanol–water partition coefficient (Wildman–Crippen LogP) is 7.00. The first kappa shape index (κ1) is 31.8. The van der Waals surface area contributed by atoms with Gasteiger partial charge in [0.25, 0.3) is 0 Å². The summed E-state index contributed by atoms with van der Waals surface area (Å²) in [5, 5.41) is 0. The standard InChI is InChI=1S/C12H6F20O2Si/c1-35(2)33-3(5(13,14)9(21,22)23,6(15,16)10(24,25)26)4(34-35,7(17,18)11(27,28)29)8(19,20)12(30,31)32/h1-2H3. The smallest absolute Gasteiger partial charge is 0.374 e. The molecule has 0 atom stereocenters. The van der Waals surface area contributed by atoms with Crippen LogP contribution in [0.15, 0.2) is 0 Å². The summed E-state index contributed by atoms with van der Waals surface area (Å²) in [6, 6.07) is 0. The third-order valence-corrected chi connectivity index (χ3v) is 6.08. The molecule has 0 unspecified atom stereocenters. The molecular formula is C12H6F20O2Si. The third kappa shape index (κ3) is 3.68. The highest BCUT2D eigenvalue weighted by Gasteiger charge is 3.06. The van der Waals surface area contributed by atoms with Crippen LogP contribution in [0.2, 0.25) is 13.1 Å². The van der Waals surface area contributed by atoms with Crippen LogP contribution in [0, 0.1) is 0 Å². The molecule has 1 saturated heterocycles. The van der Waals surface area contributed by atoms with Gasteiger partial charge >= 0.3 is 57.0 Å². The fourth-order valence-corrected chi connectivity index (χ4v) is 5.55. The van der Waals surface area contributed by atoms with Crippen molar-refractivity contribution in [2.45, 2.75) is 72.7 Å². The molecule has 0 spiro atoms. The topological polar surface area (TPSA) is 18.5 Å². The van der Waals surface area contributed by atoms with Crippen LogP contribution in [-0.2, 0) is 8.85 Å². The highest BCUT2D eigenvalue weighted by atomic mass is 28.4. The maximum absolute atomic E-state index is 14.3. The van der Waals surface area contributed by atoms with Crippen LogP contribution in [0.1, 0.15) is 0 Å². The van der Waals surface area contributed by atoms with Crippen molar-refractivity contribution in [1.82, 2.24) is 0 Å². The molecule has 0 bridgehead atoms. The van der Waals surface area contributed by atoms with Gasteiger partial charge in [0, 0.05) is 0 Å². The Morgan fingerprint density at radius 1 is 0.371 bits per heavy atom. The quantitative estimate of drug-likeness (QED) is 0.260. The minimum atomic E-state index is -8.65. The fourth-order valence-electron chi connectivity index (χ4n) is 3.24. The summed E-state index contributed by atoms with van der Waals surface area (Å²) in [6.45, 7) is -1.03. The summed E-state index contributed by atoms with van der Waals surface area (Å²) in [7, 11) is -6.49. The Kier molecular flexibility index (Phi) is 6.72. The van der Waals surface area contributed by atoms with E-state index in [-0.39, 0.29) is 0 Å². The number of hydrogen-bond donors (Lipinski definition) is 0. The molecule has 35 heavy (non-hydrogen) atoms. The zero-order chi connectivity index (χ0) is 28.9. The second-order valence-corrected chi connectivity index (χ2v) is 10.5. The molecular weight excluding hydrogens is 584 g/mol. The SMILES string of the molecule is C[Si]1(C)OC(C(F)(F)C(F)(F)F)(C(F)(F)C(F)(F)F)C(C(F)(F)C(F)(F)F)(C(F)(F)C(F)(F)F)O1. The number of rotatable bonds is 4. The van der Waals surface area contributed by atoms with Crippen LogP contribution in [0.3, 0.4) is 0 Å². The van der Waals surface area contributed by atoms with Gasteiger partial charge in [-0.1, -0.05) is 0 Å². The maximum Gasteiger partial charge on any atom is 0.456 e. The van der Waals surface area contributed by atoms with Crippen LogP contribution in [0.4, 0.5) is 87.8 Å². The van der Waals surface area contributed by atoms with E-state index in [1.807, 2.05) is 0 Å². The van der Waals surface area contributed by atoms with E-state index in [4.69, 9.17) is 0 Å². The van der Waals surface area contributed by atoms with Crippen molar-refractivity contribution in [2.24, 2.45) is 0 Å². The Bertz CT molecular complexity index is 696. The summed E-state index contributed by atoms with van der Waals surface area (Å²) < 4.78 is 276. The van der Waals surface area contributed by atoms with Crippen molar-refractivity contribution < 1.29 is 96.7 Å². The zero-order valence-corrected chi connectivity index (χ0v) is 16.9. The van der Waals surface area contributed by atoms with Crippen LogP contribution >= 0.6 is 0 Å². The molecule has 0 aliphatic carbocycles. The van der Waals surface area contributed by atoms with E-state index < -0.39 is 81.3 Å². The Morgan fingerprint density at radius 2 is 0.514 bits per heavy atom. The first-order valence-corrected chi connectivity index (χ1v) is 10.7. The van der Waals surface area contributed by atoms with E-state index in [9.17, 15) is 87.8 Å². The predicted molar refractivity (Wildman–Crippen MR) is 69.1 cm³/mol. The minimum absolute atomic E-state index is 0.513. The van der Waals surface area contributed by atoms with Crippen molar-refractivity contribution in [2.75, 3.05) is 0 Å². The Balaban J connectivity index is 4.81. The van der Waals surface area contributed by atoms with Gasteiger partial charge in [-0.3, -0.25) is 0 Å². The number of halogens is 20. The van der Waals surface area contributed by atoms with Crippen molar-refractivity contribution >= 4 is 8.56 Å². The summed E-state index contributed by atoms with van der Waals surface area (Å²) >= 11 is 0. The minimum Gasteiger partial charge on any atom is -0.374 e. The molecule has 0 aromatic heterocycles. The Morgan fingerprint density at radius 3 is 0.629 bits per heavy atom. The van der Waals surface area contributed by atoms with Gasteiger partial charge in [0.2, 0.25) is 11.2 Å². The summed E-state index contributed by atoms with van der Waals surface area (Å²) in [5.41, 5.74) is -16.9. The normalized spacial score (nSPS) is 22.5. The van der Waals surface area contributed by atoms with Crippen LogP contribution in [0.5, 0.6) is 0 Å². The maximum atomic E-state index is 14.3. The highest BCUT2D eigenvalue weighted by Crippen LogP contribution is 2.74. The molecule has 1 heterocycles. The Hall–Kier alpha value is -1.26. The lowest BCUT2D eigenvalue weighted by molar-refractivity contribution is -0.497. The van der Waals surface area contributed by atoms with E-state index in [0.717, 1.165) is 0 Å². The zero-order valence-electron chi connectivity index (χ0n) is 15.9. The highest BCUT2D eigenvalue weighted by molar-refractivity contribution is 6.65. The van der Waals surface area contributed by atoms with E-state index in [0.29, 0.717) is 0 Å². The second kappa shape index (κ2) is 7.40. The van der Waals surface area contributed by atoms with Gasteiger partial charge in [0.1, 0.15) is 0 Å². The summed E-state index contributed by atoms with van der Waals surface area (Å²) in [4.78, 5) is 0. The molecule has 0 saturated carbocycles. The van der Waals surface area contributed by atoms with Crippen molar-refractivity contribution in [3.63, 3.8) is 0 Å². The molecule has 0 aromatic rings. The summed E-state index contributed by atoms with van der Waals surface area (Å²) in [6.07, 6.45) is -33.0. The average Bonchev–Trinajstić information content (AvgIpc) is 2.82. The molecule has 23 heteroatoms. The Labute approximate surface area is 179 Å². The molecule has 1 fully saturated rings. The van der Waals surface area contributed by atoms with Crippen LogP contribution in [0.25, 0.3) is 0 Å². The molecule has 0 N–H and O–H groups in total. The molecule has 0 radical (unpaired) electrons. The first-order valence-electron chi connectivity index (χ1n) is 7.85. The van der Waals surface area contributed by atoms with E-state index in [2.05, 4.69) is 8.85 Å². The van der Waals surface area contributed by atoms with Gasteiger partial charge in [-0.2, -0.15) is 87.8 Å². The molecule has 2 nitrogen and oxygen atoms in total. The third-order valence-electron chi connectivity index (χ3n) is 4.49. The van der Waals surface area contributed by atoms with Gasteiger partial charge in [-0.15, -0.1) is 0 Å². The lowest BCUT2D eigenvalue weighted by atomic mass is 9.65. The van der Waals surface area contributed by atoms with Gasteiger partial charge in [0.15, 0.2) is 0 Å². The van der Waals surface area contributed by atoms with Gasteiger partial charge in [-0.05, 0) is 13.1 Å². The van der Waals surface area contributed by atoms with E-state index in [1.165, 1.54) is 0 Å². The average molecular weight is 590 g/mol. The van der Waals surface area contributed by atoms with Crippen LogP contribution in [-0.4, -0.2) is 68.2 Å². The van der Waals surface area contributed by atoms with E-state index in [1.54, 1.807) is 0 Å². The fraction of sp³-hybridized carbons (Fsp3) is 1.00. The molecule has 0 amide bonds. The van der Waals surface area contributed by atoms with Crippen LogP contribution < -0.4 is 0 Å². The largest absolute Gasteiger partial charge is 0.456 e. The van der Waals surface area contributed by atoms with Crippen molar-refractivity contribution in [3.8, 4) is 0 Å². The molecule has 210 valence electrons. The molecule has 0 aromatic carbocycles. The molecule has 1 aliphatic rings. The van der Waals surface area contributed by atoms with Crippen molar-refractivity contribution in [3.05, 3.63) is 0 Å². The number of alkyl halides is 20. The van der Waals surface area contributed by atoms with Gasteiger partial charge < -0.3 is 8.85 Å². The summed E-state index contributed by atoms with van der Waals surface area (Å²) in [5.74, 6) is -34.6. The van der Waals surface area contributed by atoms with Gasteiger partial charge in [-0.25, -0.2) is 0 Å². The first-order chi connectivity index (χ1) is 14.7. The van der Waals surface area contributed by atoms with Crippen molar-refractivity contribution in [1.29, 1.82) is 0 Å². The van der Waals surface area contributed by atoms with E-state index >= 15 is 0 Å². The second-order valence-electron chi connectivity index (χ2n) is 7.25. The monoisotopic (exact) mass is 590 g/mol. The number of hydrogen-bond acceptors (Lipinski definition) is 2. The molecule has 1 rings (SSSR count). The van der Waals surface area contributed by atoms with Gasteiger partial charge in [0.05, 0.1) is 0 Å². The lowest BCUT2D eigenvalue weighted by Gasteiger charge is -2.54.